The summed E-state index contributed by atoms with van der Waals surface area (Å²) in [4.78, 5) is 22.5. The molecule has 1 unspecified atom stereocenters. The Kier molecular flexibility index (Phi) is 4.80. The van der Waals surface area contributed by atoms with E-state index in [-0.39, 0.29) is 11.9 Å². The summed E-state index contributed by atoms with van der Waals surface area (Å²) in [5, 5.41) is 3.13. The number of carbonyl (C=O) groups excluding carboxylic acids is 1. The van der Waals surface area contributed by atoms with Gasteiger partial charge in [0.15, 0.2) is 0 Å². The summed E-state index contributed by atoms with van der Waals surface area (Å²) in [5.41, 5.74) is 1.22. The van der Waals surface area contributed by atoms with Crippen LogP contribution in [0.5, 0.6) is 0 Å². The summed E-state index contributed by atoms with van der Waals surface area (Å²) in [6, 6.07) is 4.28. The molecule has 0 aliphatic carbocycles. The average Bonchev–Trinajstić information content (AvgIpc) is 3.01. The molecule has 1 aliphatic rings. The third-order valence-electron chi connectivity index (χ3n) is 3.88. The lowest BCUT2D eigenvalue weighted by Crippen LogP contribution is -2.48. The second kappa shape index (κ2) is 7.17. The fourth-order valence-electron chi connectivity index (χ4n) is 2.89. The molecule has 0 saturated carbocycles. The summed E-state index contributed by atoms with van der Waals surface area (Å²) < 4.78 is 1.78. The molecule has 1 N–H and O–H groups in total. The Morgan fingerprint density at radius 3 is 3.09 bits per heavy atom. The van der Waals surface area contributed by atoms with Gasteiger partial charge < -0.3 is 9.88 Å². The van der Waals surface area contributed by atoms with Gasteiger partial charge in [0, 0.05) is 43.9 Å². The number of likely N-dealkylation sites (tertiary alicyclic amines) is 1. The Bertz CT molecular complexity index is 584. The van der Waals surface area contributed by atoms with E-state index in [1.807, 2.05) is 12.3 Å². The standard InChI is InChI=1S/C16H21N5O/c22-16(12-21-8-6-18-13-21)19-15-4-2-7-20(11-15)10-14-3-1-5-17-9-14/h1,3,5-6,8-9,13,15H,2,4,7,10-12H2,(H,19,22). The second-order valence-corrected chi connectivity index (χ2v) is 5.74. The zero-order chi connectivity index (χ0) is 15.2. The van der Waals surface area contributed by atoms with Crippen LogP contribution in [0.3, 0.4) is 0 Å². The molecule has 116 valence electrons. The molecular weight excluding hydrogens is 278 g/mol. The lowest BCUT2D eigenvalue weighted by atomic mass is 10.0. The zero-order valence-electron chi connectivity index (χ0n) is 12.6. The van der Waals surface area contributed by atoms with Crippen molar-refractivity contribution < 1.29 is 4.79 Å². The van der Waals surface area contributed by atoms with E-state index in [4.69, 9.17) is 0 Å². The molecule has 1 aliphatic heterocycles. The molecule has 6 heteroatoms. The molecule has 1 amide bonds. The van der Waals surface area contributed by atoms with Gasteiger partial charge in [-0.3, -0.25) is 14.7 Å². The van der Waals surface area contributed by atoms with E-state index in [9.17, 15) is 4.79 Å². The monoisotopic (exact) mass is 299 g/mol. The minimum absolute atomic E-state index is 0.0474. The number of nitrogens with zero attached hydrogens (tertiary/aromatic N) is 4. The van der Waals surface area contributed by atoms with Crippen molar-refractivity contribution >= 4 is 5.91 Å². The predicted octanol–water partition coefficient (Wildman–Crippen LogP) is 1.06. The van der Waals surface area contributed by atoms with E-state index in [1.165, 1.54) is 5.56 Å². The van der Waals surface area contributed by atoms with Crippen molar-refractivity contribution in [1.82, 2.24) is 24.8 Å². The average molecular weight is 299 g/mol. The van der Waals surface area contributed by atoms with Gasteiger partial charge in [0.2, 0.25) is 5.91 Å². The van der Waals surface area contributed by atoms with E-state index >= 15 is 0 Å². The van der Waals surface area contributed by atoms with E-state index < -0.39 is 0 Å². The molecule has 1 atom stereocenters. The molecule has 2 aromatic rings. The Labute approximate surface area is 130 Å². The minimum atomic E-state index is 0.0474. The van der Waals surface area contributed by atoms with Crippen LogP contribution in [-0.2, 0) is 17.9 Å². The van der Waals surface area contributed by atoms with E-state index in [0.717, 1.165) is 32.5 Å². The molecule has 3 rings (SSSR count). The van der Waals surface area contributed by atoms with Crippen molar-refractivity contribution in [1.29, 1.82) is 0 Å². The maximum absolute atomic E-state index is 12.1. The number of hydrogen-bond acceptors (Lipinski definition) is 4. The van der Waals surface area contributed by atoms with Crippen LogP contribution in [0.15, 0.2) is 43.2 Å². The molecule has 1 fully saturated rings. The molecule has 0 radical (unpaired) electrons. The van der Waals surface area contributed by atoms with Gasteiger partial charge in [-0.05, 0) is 31.0 Å². The Balaban J connectivity index is 1.49. The van der Waals surface area contributed by atoms with E-state index in [1.54, 1.807) is 29.5 Å². The molecular formula is C16H21N5O. The number of hydrogen-bond donors (Lipinski definition) is 1. The highest BCUT2D eigenvalue weighted by molar-refractivity contribution is 5.76. The van der Waals surface area contributed by atoms with Gasteiger partial charge in [0.1, 0.15) is 6.54 Å². The lowest BCUT2D eigenvalue weighted by Gasteiger charge is -2.33. The molecule has 0 bridgehead atoms. The Hall–Kier alpha value is -2.21. The topological polar surface area (TPSA) is 63.1 Å². The molecule has 3 heterocycles. The molecule has 22 heavy (non-hydrogen) atoms. The van der Waals surface area contributed by atoms with Gasteiger partial charge in [-0.1, -0.05) is 6.07 Å². The molecule has 2 aromatic heterocycles. The van der Waals surface area contributed by atoms with Gasteiger partial charge in [0.05, 0.1) is 6.33 Å². The fraction of sp³-hybridized carbons (Fsp3) is 0.438. The summed E-state index contributed by atoms with van der Waals surface area (Å²) in [7, 11) is 0. The van der Waals surface area contributed by atoms with Crippen LogP contribution >= 0.6 is 0 Å². The van der Waals surface area contributed by atoms with Gasteiger partial charge >= 0.3 is 0 Å². The molecule has 1 saturated heterocycles. The Morgan fingerprint density at radius 1 is 1.36 bits per heavy atom. The molecule has 6 nitrogen and oxygen atoms in total. The van der Waals surface area contributed by atoms with Crippen LogP contribution in [0.1, 0.15) is 18.4 Å². The van der Waals surface area contributed by atoms with Crippen molar-refractivity contribution in [2.24, 2.45) is 0 Å². The van der Waals surface area contributed by atoms with Crippen molar-refractivity contribution in [3.8, 4) is 0 Å². The van der Waals surface area contributed by atoms with Gasteiger partial charge in [-0.15, -0.1) is 0 Å². The summed E-state index contributed by atoms with van der Waals surface area (Å²) in [6.07, 6.45) is 11.0. The maximum atomic E-state index is 12.1. The third-order valence-corrected chi connectivity index (χ3v) is 3.88. The number of aromatic nitrogens is 3. The van der Waals surface area contributed by atoms with Crippen molar-refractivity contribution in [3.05, 3.63) is 48.8 Å². The largest absolute Gasteiger partial charge is 0.351 e. The number of amides is 1. The minimum Gasteiger partial charge on any atom is -0.351 e. The smallest absolute Gasteiger partial charge is 0.240 e. The first-order chi connectivity index (χ1) is 10.8. The summed E-state index contributed by atoms with van der Waals surface area (Å²) >= 11 is 0. The normalized spacial score (nSPS) is 19.0. The summed E-state index contributed by atoms with van der Waals surface area (Å²) in [5.74, 6) is 0.0474. The van der Waals surface area contributed by atoms with Crippen LogP contribution in [0.25, 0.3) is 0 Å². The highest BCUT2D eigenvalue weighted by Gasteiger charge is 2.21. The van der Waals surface area contributed by atoms with Crippen LogP contribution in [0, 0.1) is 0 Å². The number of imidazole rings is 1. The zero-order valence-corrected chi connectivity index (χ0v) is 12.6. The van der Waals surface area contributed by atoms with Crippen LogP contribution in [0.2, 0.25) is 0 Å². The van der Waals surface area contributed by atoms with Crippen LogP contribution in [0.4, 0.5) is 0 Å². The first kappa shape index (κ1) is 14.7. The number of pyridine rings is 1. The quantitative estimate of drug-likeness (QED) is 0.896. The first-order valence-corrected chi connectivity index (χ1v) is 7.66. The number of carbonyl (C=O) groups is 1. The van der Waals surface area contributed by atoms with Crippen molar-refractivity contribution in [2.45, 2.75) is 32.0 Å². The van der Waals surface area contributed by atoms with E-state index in [2.05, 4.69) is 26.3 Å². The molecule has 0 spiro atoms. The lowest BCUT2D eigenvalue weighted by molar-refractivity contribution is -0.122. The van der Waals surface area contributed by atoms with Crippen molar-refractivity contribution in [3.63, 3.8) is 0 Å². The Morgan fingerprint density at radius 2 is 2.32 bits per heavy atom. The van der Waals surface area contributed by atoms with Gasteiger partial charge in [-0.25, -0.2) is 4.98 Å². The predicted molar refractivity (Wildman–Crippen MR) is 82.9 cm³/mol. The van der Waals surface area contributed by atoms with Gasteiger partial charge in [0.25, 0.3) is 0 Å². The number of piperidine rings is 1. The maximum Gasteiger partial charge on any atom is 0.240 e. The SMILES string of the molecule is O=C(Cn1ccnc1)NC1CCCN(Cc2cccnc2)C1. The second-order valence-electron chi connectivity index (χ2n) is 5.74. The number of rotatable bonds is 5. The third kappa shape index (κ3) is 4.14. The van der Waals surface area contributed by atoms with E-state index in [0.29, 0.717) is 6.54 Å². The highest BCUT2D eigenvalue weighted by Crippen LogP contribution is 2.13. The fourth-order valence-corrected chi connectivity index (χ4v) is 2.89. The first-order valence-electron chi connectivity index (χ1n) is 7.66. The number of nitrogens with one attached hydrogen (secondary N) is 1. The van der Waals surface area contributed by atoms with Crippen LogP contribution in [-0.4, -0.2) is 44.5 Å². The van der Waals surface area contributed by atoms with Crippen LogP contribution < -0.4 is 5.32 Å². The summed E-state index contributed by atoms with van der Waals surface area (Å²) in [6.45, 7) is 3.19. The molecule has 0 aromatic carbocycles. The van der Waals surface area contributed by atoms with Gasteiger partial charge in [-0.2, -0.15) is 0 Å². The highest BCUT2D eigenvalue weighted by atomic mass is 16.2. The van der Waals surface area contributed by atoms with Crippen molar-refractivity contribution in [2.75, 3.05) is 13.1 Å².